The van der Waals surface area contributed by atoms with Crippen LogP contribution in [-0.4, -0.2) is 42.5 Å². The van der Waals surface area contributed by atoms with Crippen molar-refractivity contribution in [3.05, 3.63) is 24.0 Å². The van der Waals surface area contributed by atoms with E-state index in [0.717, 1.165) is 25.7 Å². The van der Waals surface area contributed by atoms with Gasteiger partial charge in [0.1, 0.15) is 4.90 Å². The summed E-state index contributed by atoms with van der Waals surface area (Å²) in [5.74, 6) is 5.58. The number of rotatable bonds is 4. The van der Waals surface area contributed by atoms with E-state index in [1.54, 1.807) is 7.05 Å². The maximum absolute atomic E-state index is 12.6. The van der Waals surface area contributed by atoms with Gasteiger partial charge in [0.05, 0.1) is 6.61 Å². The van der Waals surface area contributed by atoms with E-state index in [2.05, 4.69) is 16.8 Å². The molecule has 1 heterocycles. The van der Waals surface area contributed by atoms with E-state index in [4.69, 9.17) is 5.11 Å². The van der Waals surface area contributed by atoms with Gasteiger partial charge in [-0.05, 0) is 18.9 Å². The monoisotopic (exact) mass is 308 g/mol. The van der Waals surface area contributed by atoms with Crippen LogP contribution in [0.5, 0.6) is 0 Å². The van der Waals surface area contributed by atoms with Gasteiger partial charge in [0.25, 0.3) is 0 Å². The second kappa shape index (κ2) is 7.03. The van der Waals surface area contributed by atoms with Gasteiger partial charge in [-0.2, -0.15) is 4.31 Å². The molecular weight excluding hydrogens is 288 g/mol. The van der Waals surface area contributed by atoms with Crippen LogP contribution >= 0.6 is 0 Å². The summed E-state index contributed by atoms with van der Waals surface area (Å²) in [4.78, 5) is 4.14. The highest BCUT2D eigenvalue weighted by Crippen LogP contribution is 2.27. The minimum Gasteiger partial charge on any atom is -0.395 e. The molecule has 1 aromatic heterocycles. The Morgan fingerprint density at radius 1 is 1.38 bits per heavy atom. The number of hydrogen-bond acceptors (Lipinski definition) is 4. The molecule has 21 heavy (non-hydrogen) atoms. The number of sulfonamides is 1. The molecule has 1 aliphatic carbocycles. The Kier molecular flexibility index (Phi) is 5.34. The van der Waals surface area contributed by atoms with Gasteiger partial charge < -0.3 is 5.11 Å². The van der Waals surface area contributed by atoms with Crippen LogP contribution in [0.25, 0.3) is 0 Å². The Balaban J connectivity index is 2.24. The fourth-order valence-corrected chi connectivity index (χ4v) is 3.88. The van der Waals surface area contributed by atoms with Gasteiger partial charge in [-0.3, -0.25) is 4.98 Å². The van der Waals surface area contributed by atoms with Gasteiger partial charge in [0.2, 0.25) is 10.0 Å². The van der Waals surface area contributed by atoms with Crippen molar-refractivity contribution in [3.8, 4) is 11.8 Å². The van der Waals surface area contributed by atoms with Crippen LogP contribution in [0.3, 0.4) is 0 Å². The molecule has 0 aliphatic heterocycles. The summed E-state index contributed by atoms with van der Waals surface area (Å²) in [6.07, 6.45) is 7.24. The van der Waals surface area contributed by atoms with Crippen LogP contribution in [0.2, 0.25) is 0 Å². The van der Waals surface area contributed by atoms with Gasteiger partial charge >= 0.3 is 0 Å². The van der Waals surface area contributed by atoms with Crippen LogP contribution < -0.4 is 0 Å². The molecule has 1 fully saturated rings. The molecule has 0 saturated heterocycles. The Hall–Kier alpha value is -1.42. The molecule has 1 aromatic rings. The molecule has 1 aliphatic rings. The van der Waals surface area contributed by atoms with E-state index in [9.17, 15) is 8.42 Å². The Morgan fingerprint density at radius 3 is 2.76 bits per heavy atom. The lowest BCUT2D eigenvalue weighted by atomic mass is 10.3. The van der Waals surface area contributed by atoms with Crippen molar-refractivity contribution in [2.45, 2.75) is 43.0 Å². The Bertz CT molecular complexity index is 640. The number of hydrogen-bond donors (Lipinski definition) is 1. The van der Waals surface area contributed by atoms with Crippen LogP contribution in [-0.2, 0) is 10.0 Å². The number of pyridine rings is 1. The van der Waals surface area contributed by atoms with Crippen LogP contribution in [0.1, 0.15) is 37.7 Å². The molecule has 0 aromatic carbocycles. The molecule has 1 saturated carbocycles. The van der Waals surface area contributed by atoms with E-state index in [1.807, 2.05) is 0 Å². The van der Waals surface area contributed by atoms with Crippen LogP contribution in [0, 0.1) is 11.8 Å². The molecule has 0 atom stereocenters. The van der Waals surface area contributed by atoms with E-state index in [-0.39, 0.29) is 17.5 Å². The fourth-order valence-electron chi connectivity index (χ4n) is 2.48. The van der Waals surface area contributed by atoms with Gasteiger partial charge in [-0.15, -0.1) is 0 Å². The summed E-state index contributed by atoms with van der Waals surface area (Å²) in [5, 5.41) is 8.70. The molecule has 0 unspecified atom stereocenters. The normalized spacial score (nSPS) is 16.0. The predicted octanol–water partition coefficient (Wildman–Crippen LogP) is 1.38. The summed E-state index contributed by atoms with van der Waals surface area (Å²) in [5.41, 5.74) is 0.546. The van der Waals surface area contributed by atoms with Crippen molar-refractivity contribution in [2.24, 2.45) is 0 Å². The minimum absolute atomic E-state index is 0.0111. The van der Waals surface area contributed by atoms with Crippen molar-refractivity contribution < 1.29 is 13.5 Å². The van der Waals surface area contributed by atoms with Gasteiger partial charge in [-0.1, -0.05) is 24.7 Å². The zero-order valence-corrected chi connectivity index (χ0v) is 12.9. The summed E-state index contributed by atoms with van der Waals surface area (Å²) < 4.78 is 26.7. The Morgan fingerprint density at radius 2 is 2.10 bits per heavy atom. The first-order chi connectivity index (χ1) is 10.1. The van der Waals surface area contributed by atoms with Gasteiger partial charge in [-0.25, -0.2) is 8.42 Å². The lowest BCUT2D eigenvalue weighted by Crippen LogP contribution is -2.35. The summed E-state index contributed by atoms with van der Waals surface area (Å²) in [6, 6.07) is 1.62. The van der Waals surface area contributed by atoms with E-state index < -0.39 is 10.0 Å². The highest BCUT2D eigenvalue weighted by atomic mass is 32.2. The minimum atomic E-state index is -3.52. The molecule has 0 radical (unpaired) electrons. The molecule has 0 spiro atoms. The molecule has 6 heteroatoms. The number of aliphatic hydroxyl groups is 1. The average Bonchev–Trinajstić information content (AvgIpc) is 3.01. The zero-order valence-electron chi connectivity index (χ0n) is 12.1. The van der Waals surface area contributed by atoms with Crippen LogP contribution in [0.15, 0.2) is 23.4 Å². The second-order valence-corrected chi connectivity index (χ2v) is 7.14. The number of aromatic nitrogens is 1. The lowest BCUT2D eigenvalue weighted by Gasteiger charge is -2.23. The second-order valence-electron chi connectivity index (χ2n) is 5.14. The first-order valence-electron chi connectivity index (χ1n) is 7.08. The first kappa shape index (κ1) is 16.0. The van der Waals surface area contributed by atoms with Crippen molar-refractivity contribution in [1.82, 2.24) is 9.29 Å². The van der Waals surface area contributed by atoms with Crippen molar-refractivity contribution in [2.75, 3.05) is 13.7 Å². The zero-order chi connectivity index (χ0) is 15.3. The molecule has 2 rings (SSSR count). The summed E-state index contributed by atoms with van der Waals surface area (Å²) >= 11 is 0. The number of aliphatic hydroxyl groups excluding tert-OH is 1. The molecule has 0 amide bonds. The number of nitrogens with zero attached hydrogens (tertiary/aromatic N) is 2. The first-order valence-corrected chi connectivity index (χ1v) is 8.52. The fraction of sp³-hybridized carbons (Fsp3) is 0.533. The topological polar surface area (TPSA) is 70.5 Å². The maximum Gasteiger partial charge on any atom is 0.244 e. The maximum atomic E-state index is 12.6. The molecule has 0 bridgehead atoms. The van der Waals surface area contributed by atoms with Crippen LogP contribution in [0.4, 0.5) is 0 Å². The van der Waals surface area contributed by atoms with Crippen molar-refractivity contribution in [1.29, 1.82) is 0 Å². The lowest BCUT2D eigenvalue weighted by molar-refractivity contribution is 0.305. The predicted molar refractivity (Wildman–Crippen MR) is 80.0 cm³/mol. The highest BCUT2D eigenvalue weighted by molar-refractivity contribution is 7.89. The van der Waals surface area contributed by atoms with Crippen molar-refractivity contribution >= 4 is 10.0 Å². The van der Waals surface area contributed by atoms with E-state index in [0.29, 0.717) is 12.0 Å². The summed E-state index contributed by atoms with van der Waals surface area (Å²) in [6.45, 7) is -0.0111. The third kappa shape index (κ3) is 3.82. The average molecular weight is 308 g/mol. The SMILES string of the molecule is CN(C1CCCC1)S(=O)(=O)c1cncc(C#CCCO)c1. The Labute approximate surface area is 126 Å². The standard InChI is InChI=1S/C15H20N2O3S/c1-17(14-7-2-3-8-14)21(19,20)15-10-13(11-16-12-15)6-4-5-9-18/h10-12,14,18H,2-3,5,7-9H2,1H3. The smallest absolute Gasteiger partial charge is 0.244 e. The van der Waals surface area contributed by atoms with E-state index in [1.165, 1.54) is 22.8 Å². The van der Waals surface area contributed by atoms with Gasteiger partial charge in [0, 0.05) is 37.5 Å². The summed E-state index contributed by atoms with van der Waals surface area (Å²) in [7, 11) is -1.89. The third-order valence-corrected chi connectivity index (χ3v) is 5.57. The largest absolute Gasteiger partial charge is 0.395 e. The van der Waals surface area contributed by atoms with Crippen molar-refractivity contribution in [3.63, 3.8) is 0 Å². The molecule has 5 nitrogen and oxygen atoms in total. The van der Waals surface area contributed by atoms with E-state index >= 15 is 0 Å². The molecular formula is C15H20N2O3S. The van der Waals surface area contributed by atoms with Gasteiger partial charge in [0.15, 0.2) is 0 Å². The molecule has 114 valence electrons. The highest BCUT2D eigenvalue weighted by Gasteiger charge is 2.30. The quantitative estimate of drug-likeness (QED) is 0.853. The third-order valence-electron chi connectivity index (χ3n) is 3.70. The molecule has 1 N–H and O–H groups in total.